The molecule has 9 heteroatoms. The van der Waals surface area contributed by atoms with Gasteiger partial charge >= 0.3 is 0 Å². The molecule has 33 heavy (non-hydrogen) atoms. The maximum absolute atomic E-state index is 12.6. The zero-order valence-electron chi connectivity index (χ0n) is 18.7. The predicted octanol–water partition coefficient (Wildman–Crippen LogP) is 5.64. The lowest BCUT2D eigenvalue weighted by Crippen LogP contribution is -2.12. The van der Waals surface area contributed by atoms with Gasteiger partial charge in [-0.3, -0.25) is 4.79 Å². The molecule has 0 aliphatic rings. The van der Waals surface area contributed by atoms with E-state index in [2.05, 4.69) is 42.4 Å². The number of nitrogens with zero attached hydrogens (tertiary/aromatic N) is 4. The first kappa shape index (κ1) is 22.3. The van der Waals surface area contributed by atoms with Crippen LogP contribution >= 0.6 is 11.5 Å². The molecular formula is C24H25N7OS. The summed E-state index contributed by atoms with van der Waals surface area (Å²) in [6.45, 7) is 6.02. The third-order valence-corrected chi connectivity index (χ3v) is 5.59. The van der Waals surface area contributed by atoms with Crippen molar-refractivity contribution in [2.75, 3.05) is 16.0 Å². The van der Waals surface area contributed by atoms with E-state index in [1.165, 1.54) is 5.56 Å². The van der Waals surface area contributed by atoms with Gasteiger partial charge in [-0.05, 0) is 68.2 Å². The fraction of sp³-hybridized carbons (Fsp3) is 0.208. The van der Waals surface area contributed by atoms with Crippen molar-refractivity contribution in [1.82, 2.24) is 19.6 Å². The lowest BCUT2D eigenvalue weighted by Gasteiger charge is -2.11. The molecule has 8 nitrogen and oxygen atoms in total. The van der Waals surface area contributed by atoms with E-state index in [4.69, 9.17) is 0 Å². The van der Waals surface area contributed by atoms with Gasteiger partial charge in [0, 0.05) is 28.8 Å². The highest BCUT2D eigenvalue weighted by Crippen LogP contribution is 2.22. The standard InChI is InChI=1S/C24H25N7OS/c1-4-5-20-22(33-31-30-20)23(32)27-18-10-12-19(13-11-18)28-24-25-16(3)14-21(29-24)26-17-8-6-15(2)7-9-17/h6-14H,4-5H2,1-3H3,(H,27,32)(H2,25,26,28,29). The highest BCUT2D eigenvalue weighted by Gasteiger charge is 2.15. The number of hydrogen-bond acceptors (Lipinski definition) is 8. The summed E-state index contributed by atoms with van der Waals surface area (Å²) in [5, 5.41) is 13.5. The van der Waals surface area contributed by atoms with Crippen molar-refractivity contribution >= 4 is 46.3 Å². The summed E-state index contributed by atoms with van der Waals surface area (Å²) < 4.78 is 3.91. The molecule has 0 unspecified atom stereocenters. The molecule has 0 aliphatic carbocycles. The molecule has 0 bridgehead atoms. The quantitative estimate of drug-likeness (QED) is 0.313. The van der Waals surface area contributed by atoms with Crippen molar-refractivity contribution in [2.24, 2.45) is 0 Å². The van der Waals surface area contributed by atoms with E-state index in [-0.39, 0.29) is 5.91 Å². The van der Waals surface area contributed by atoms with Gasteiger partial charge < -0.3 is 16.0 Å². The molecule has 0 fully saturated rings. The number of benzene rings is 2. The molecule has 3 N–H and O–H groups in total. The Hall–Kier alpha value is -3.85. The summed E-state index contributed by atoms with van der Waals surface area (Å²) in [6, 6.07) is 17.4. The van der Waals surface area contributed by atoms with E-state index in [0.29, 0.717) is 22.3 Å². The Labute approximate surface area is 196 Å². The maximum atomic E-state index is 12.6. The largest absolute Gasteiger partial charge is 0.340 e. The fourth-order valence-corrected chi connectivity index (χ4v) is 3.81. The number of amides is 1. The van der Waals surface area contributed by atoms with Gasteiger partial charge in [-0.15, -0.1) is 5.10 Å². The zero-order valence-corrected chi connectivity index (χ0v) is 19.5. The van der Waals surface area contributed by atoms with Gasteiger partial charge in [-0.2, -0.15) is 4.98 Å². The average Bonchev–Trinajstić information content (AvgIpc) is 3.25. The lowest BCUT2D eigenvalue weighted by atomic mass is 10.2. The molecule has 4 rings (SSSR count). The fourth-order valence-electron chi connectivity index (χ4n) is 3.21. The molecule has 0 radical (unpaired) electrons. The molecule has 168 valence electrons. The van der Waals surface area contributed by atoms with Crippen molar-refractivity contribution < 1.29 is 4.79 Å². The number of aromatic nitrogens is 4. The Bertz CT molecular complexity index is 1240. The van der Waals surface area contributed by atoms with Gasteiger partial charge in [0.2, 0.25) is 5.95 Å². The second-order valence-corrected chi connectivity index (χ2v) is 8.42. The summed E-state index contributed by atoms with van der Waals surface area (Å²) in [4.78, 5) is 22.2. The molecule has 0 saturated heterocycles. The van der Waals surface area contributed by atoms with E-state index in [0.717, 1.165) is 47.1 Å². The second kappa shape index (κ2) is 10.2. The Kier molecular flexibility index (Phi) is 6.89. The van der Waals surface area contributed by atoms with Crippen LogP contribution in [0.25, 0.3) is 0 Å². The van der Waals surface area contributed by atoms with Gasteiger partial charge in [-0.25, -0.2) is 4.98 Å². The topological polar surface area (TPSA) is 105 Å². The first-order valence-electron chi connectivity index (χ1n) is 10.7. The second-order valence-electron chi connectivity index (χ2n) is 7.66. The van der Waals surface area contributed by atoms with Crippen molar-refractivity contribution in [3.63, 3.8) is 0 Å². The van der Waals surface area contributed by atoms with E-state index in [1.54, 1.807) is 0 Å². The summed E-state index contributed by atoms with van der Waals surface area (Å²) >= 11 is 1.12. The summed E-state index contributed by atoms with van der Waals surface area (Å²) in [7, 11) is 0. The van der Waals surface area contributed by atoms with E-state index >= 15 is 0 Å². The molecule has 0 saturated carbocycles. The Morgan fingerprint density at radius 3 is 2.30 bits per heavy atom. The molecule has 2 aromatic carbocycles. The van der Waals surface area contributed by atoms with Crippen molar-refractivity contribution in [3.05, 3.63) is 76.4 Å². The van der Waals surface area contributed by atoms with Gasteiger partial charge in [0.15, 0.2) is 0 Å². The molecule has 2 heterocycles. The predicted molar refractivity (Wildman–Crippen MR) is 133 cm³/mol. The SMILES string of the molecule is CCCc1nnsc1C(=O)Nc1ccc(Nc2nc(C)cc(Nc3ccc(C)cc3)n2)cc1. The third kappa shape index (κ3) is 5.89. The minimum atomic E-state index is -0.192. The first-order chi connectivity index (χ1) is 16.0. The van der Waals surface area contributed by atoms with E-state index in [9.17, 15) is 4.79 Å². The highest BCUT2D eigenvalue weighted by atomic mass is 32.1. The molecule has 2 aromatic heterocycles. The summed E-state index contributed by atoms with van der Waals surface area (Å²) in [6.07, 6.45) is 1.65. The number of aryl methyl sites for hydroxylation is 3. The minimum absolute atomic E-state index is 0.192. The molecular weight excluding hydrogens is 434 g/mol. The van der Waals surface area contributed by atoms with E-state index < -0.39 is 0 Å². The smallest absolute Gasteiger partial charge is 0.269 e. The van der Waals surface area contributed by atoms with Crippen LogP contribution in [0.15, 0.2) is 54.6 Å². The van der Waals surface area contributed by atoms with Gasteiger partial charge in [-0.1, -0.05) is 35.5 Å². The molecule has 0 spiro atoms. The van der Waals surface area contributed by atoms with Crippen LogP contribution in [0.3, 0.4) is 0 Å². The highest BCUT2D eigenvalue weighted by molar-refractivity contribution is 7.08. The summed E-state index contributed by atoms with van der Waals surface area (Å²) in [5.41, 5.74) is 5.24. The van der Waals surface area contributed by atoms with Crippen LogP contribution in [0, 0.1) is 13.8 Å². The third-order valence-electron chi connectivity index (χ3n) is 4.83. The maximum Gasteiger partial charge on any atom is 0.269 e. The zero-order chi connectivity index (χ0) is 23.2. The van der Waals surface area contributed by atoms with Crippen LogP contribution in [-0.4, -0.2) is 25.5 Å². The summed E-state index contributed by atoms with van der Waals surface area (Å²) in [5.74, 6) is 1.00. The number of hydrogen-bond donors (Lipinski definition) is 3. The molecule has 0 atom stereocenters. The van der Waals surface area contributed by atoms with E-state index in [1.807, 2.05) is 68.4 Å². The van der Waals surface area contributed by atoms with Crippen LogP contribution in [0.4, 0.5) is 28.8 Å². The van der Waals surface area contributed by atoms with Crippen LogP contribution in [0.5, 0.6) is 0 Å². The normalized spacial score (nSPS) is 10.6. The van der Waals surface area contributed by atoms with Gasteiger partial charge in [0.1, 0.15) is 10.7 Å². The van der Waals surface area contributed by atoms with Crippen LogP contribution < -0.4 is 16.0 Å². The lowest BCUT2D eigenvalue weighted by molar-refractivity contribution is 0.102. The van der Waals surface area contributed by atoms with Crippen LogP contribution in [0.2, 0.25) is 0 Å². The van der Waals surface area contributed by atoms with Gasteiger partial charge in [0.05, 0.1) is 5.69 Å². The monoisotopic (exact) mass is 459 g/mol. The first-order valence-corrected chi connectivity index (χ1v) is 11.5. The number of anilines is 5. The number of carbonyl (C=O) groups excluding carboxylic acids is 1. The Balaban J connectivity index is 1.42. The van der Waals surface area contributed by atoms with Crippen LogP contribution in [0.1, 0.15) is 40.0 Å². The number of rotatable bonds is 8. The molecule has 4 aromatic rings. The van der Waals surface area contributed by atoms with Crippen molar-refractivity contribution in [1.29, 1.82) is 0 Å². The molecule has 1 amide bonds. The van der Waals surface area contributed by atoms with Crippen LogP contribution in [-0.2, 0) is 6.42 Å². The number of nitrogens with one attached hydrogen (secondary N) is 3. The average molecular weight is 460 g/mol. The minimum Gasteiger partial charge on any atom is -0.340 e. The van der Waals surface area contributed by atoms with Crippen molar-refractivity contribution in [2.45, 2.75) is 33.6 Å². The van der Waals surface area contributed by atoms with Gasteiger partial charge in [0.25, 0.3) is 5.91 Å². The Morgan fingerprint density at radius 1 is 0.909 bits per heavy atom. The van der Waals surface area contributed by atoms with Crippen molar-refractivity contribution in [3.8, 4) is 0 Å². The molecule has 0 aliphatic heterocycles. The Morgan fingerprint density at radius 2 is 1.58 bits per heavy atom. The number of carbonyl (C=O) groups is 1.